The van der Waals surface area contributed by atoms with Crippen molar-refractivity contribution in [2.75, 3.05) is 0 Å². The number of benzene rings is 1. The van der Waals surface area contributed by atoms with Gasteiger partial charge in [-0.3, -0.25) is 4.79 Å². The maximum atomic E-state index is 10.9. The predicted octanol–water partition coefficient (Wildman–Crippen LogP) is 3.08. The van der Waals surface area contributed by atoms with E-state index in [1.165, 1.54) is 17.4 Å². The normalized spacial score (nSPS) is 21.5. The predicted molar refractivity (Wildman–Crippen MR) is 61.5 cm³/mol. The highest BCUT2D eigenvalue weighted by Crippen LogP contribution is 2.45. The lowest BCUT2D eigenvalue weighted by atomic mass is 10.1. The Bertz CT molecular complexity index is 423. The van der Waals surface area contributed by atoms with E-state index < -0.39 is 0 Å². The Labute approximate surface area is 93.3 Å². The van der Waals surface area contributed by atoms with E-state index in [0.717, 1.165) is 5.57 Å². The Morgan fingerprint density at radius 1 is 1.47 bits per heavy atom. The summed E-state index contributed by atoms with van der Waals surface area (Å²) in [7, 11) is 0. The molecule has 1 unspecified atom stereocenters. The van der Waals surface area contributed by atoms with Crippen LogP contribution in [0.5, 0.6) is 0 Å². The molecule has 3 heteroatoms. The van der Waals surface area contributed by atoms with E-state index in [1.807, 2.05) is 31.2 Å². The monoisotopic (exact) mass is 220 g/mol. The van der Waals surface area contributed by atoms with Gasteiger partial charge in [0.25, 0.3) is 0 Å². The highest BCUT2D eigenvalue weighted by atomic mass is 32.2. The second-order valence-electron chi connectivity index (χ2n) is 3.30. The molecule has 0 aliphatic carbocycles. The van der Waals surface area contributed by atoms with Gasteiger partial charge in [0.2, 0.25) is 0 Å². The van der Waals surface area contributed by atoms with Crippen molar-refractivity contribution in [1.29, 1.82) is 0 Å². The molecule has 0 aromatic heterocycles. The zero-order chi connectivity index (χ0) is 10.8. The molecular formula is C12H12O2S. The van der Waals surface area contributed by atoms with Crippen molar-refractivity contribution >= 4 is 23.3 Å². The molecule has 1 aromatic rings. The van der Waals surface area contributed by atoms with Gasteiger partial charge in [-0.2, -0.15) is 0 Å². The summed E-state index contributed by atoms with van der Waals surface area (Å²) in [5, 5.41) is 0. The van der Waals surface area contributed by atoms with Crippen LogP contribution in [0.15, 0.2) is 35.2 Å². The van der Waals surface area contributed by atoms with E-state index in [1.54, 1.807) is 11.8 Å². The summed E-state index contributed by atoms with van der Waals surface area (Å²) in [5.41, 5.74) is 2.09. The van der Waals surface area contributed by atoms with Crippen LogP contribution in [0.1, 0.15) is 19.4 Å². The second kappa shape index (κ2) is 4.11. The maximum Gasteiger partial charge on any atom is 0.304 e. The molecule has 1 atom stereocenters. The van der Waals surface area contributed by atoms with Crippen molar-refractivity contribution in [2.45, 2.75) is 24.2 Å². The Balaban J connectivity index is 2.33. The van der Waals surface area contributed by atoms with E-state index >= 15 is 0 Å². The molecule has 2 nitrogen and oxygen atoms in total. The highest BCUT2D eigenvalue weighted by Gasteiger charge is 2.28. The Kier molecular flexibility index (Phi) is 2.82. The molecule has 0 amide bonds. The highest BCUT2D eigenvalue weighted by molar-refractivity contribution is 8.00. The third kappa shape index (κ3) is 1.92. The van der Waals surface area contributed by atoms with Crippen LogP contribution in [0.3, 0.4) is 0 Å². The fourth-order valence-electron chi connectivity index (χ4n) is 1.64. The third-order valence-corrected chi connectivity index (χ3v) is 3.44. The molecule has 0 spiro atoms. The van der Waals surface area contributed by atoms with E-state index in [0.29, 0.717) is 0 Å². The quantitative estimate of drug-likeness (QED) is 0.680. The van der Waals surface area contributed by atoms with Crippen molar-refractivity contribution in [2.24, 2.45) is 0 Å². The molecule has 1 aromatic carbocycles. The molecule has 0 saturated carbocycles. The van der Waals surface area contributed by atoms with Crippen LogP contribution in [0, 0.1) is 0 Å². The number of carbonyl (C=O) groups is 1. The van der Waals surface area contributed by atoms with E-state index in [4.69, 9.17) is 4.74 Å². The van der Waals surface area contributed by atoms with Crippen molar-refractivity contribution < 1.29 is 9.53 Å². The van der Waals surface area contributed by atoms with Gasteiger partial charge in [0.1, 0.15) is 0 Å². The molecule has 1 heterocycles. The summed E-state index contributed by atoms with van der Waals surface area (Å²) in [6.45, 7) is 3.41. The largest absolute Gasteiger partial charge is 0.446 e. The van der Waals surface area contributed by atoms with Crippen LogP contribution in [0.2, 0.25) is 0 Å². The number of hydrogen-bond donors (Lipinski definition) is 0. The number of ether oxygens (including phenoxy) is 1. The fourth-order valence-corrected chi connectivity index (χ4v) is 2.92. The third-order valence-electron chi connectivity index (χ3n) is 2.27. The number of carbonyl (C=O) groups excluding carboxylic acids is 1. The smallest absolute Gasteiger partial charge is 0.304 e. The van der Waals surface area contributed by atoms with Gasteiger partial charge in [-0.05, 0) is 18.6 Å². The van der Waals surface area contributed by atoms with E-state index in [-0.39, 0.29) is 11.4 Å². The van der Waals surface area contributed by atoms with Gasteiger partial charge in [-0.1, -0.05) is 36.0 Å². The first-order valence-electron chi connectivity index (χ1n) is 4.82. The van der Waals surface area contributed by atoms with E-state index in [9.17, 15) is 4.79 Å². The summed E-state index contributed by atoms with van der Waals surface area (Å²) in [6, 6.07) is 8.10. The molecule has 2 rings (SSSR count). The maximum absolute atomic E-state index is 10.9. The van der Waals surface area contributed by atoms with Gasteiger partial charge in [0.15, 0.2) is 5.44 Å². The average molecular weight is 220 g/mol. The fraction of sp³-hybridized carbons (Fsp3) is 0.250. The van der Waals surface area contributed by atoms with Gasteiger partial charge >= 0.3 is 5.97 Å². The number of thioether (sulfide) groups is 1. The molecule has 1 aliphatic heterocycles. The molecule has 0 bridgehead atoms. The first-order valence-corrected chi connectivity index (χ1v) is 5.70. The SMILES string of the molecule is CC=C1c2ccccc2SC1OC(C)=O. The minimum Gasteiger partial charge on any atom is -0.446 e. The number of allylic oxidation sites excluding steroid dienone is 1. The van der Waals surface area contributed by atoms with Gasteiger partial charge in [-0.15, -0.1) is 0 Å². The van der Waals surface area contributed by atoms with Gasteiger partial charge in [0, 0.05) is 17.4 Å². The molecule has 0 fully saturated rings. The summed E-state index contributed by atoms with van der Waals surface area (Å²) < 4.78 is 5.25. The number of esters is 1. The lowest BCUT2D eigenvalue weighted by Gasteiger charge is -2.10. The Morgan fingerprint density at radius 2 is 2.20 bits per heavy atom. The summed E-state index contributed by atoms with van der Waals surface area (Å²) in [4.78, 5) is 12.1. The van der Waals surface area contributed by atoms with Gasteiger partial charge in [-0.25, -0.2) is 0 Å². The minimum absolute atomic E-state index is 0.176. The van der Waals surface area contributed by atoms with Crippen LogP contribution in [0.4, 0.5) is 0 Å². The van der Waals surface area contributed by atoms with Crippen LogP contribution in [-0.4, -0.2) is 11.4 Å². The molecular weight excluding hydrogens is 208 g/mol. The summed E-state index contributed by atoms with van der Waals surface area (Å²) in [6.07, 6.45) is 2.01. The van der Waals surface area contributed by atoms with Crippen LogP contribution in [-0.2, 0) is 9.53 Å². The molecule has 0 radical (unpaired) electrons. The second-order valence-corrected chi connectivity index (χ2v) is 4.40. The van der Waals surface area contributed by atoms with Crippen molar-refractivity contribution in [3.05, 3.63) is 35.9 Å². The topological polar surface area (TPSA) is 26.3 Å². The molecule has 1 aliphatic rings. The molecule has 0 N–H and O–H groups in total. The van der Waals surface area contributed by atoms with Crippen LogP contribution >= 0.6 is 11.8 Å². The molecule has 78 valence electrons. The van der Waals surface area contributed by atoms with Crippen LogP contribution in [0.25, 0.3) is 5.57 Å². The zero-order valence-corrected chi connectivity index (χ0v) is 9.51. The Morgan fingerprint density at radius 3 is 2.87 bits per heavy atom. The van der Waals surface area contributed by atoms with Crippen LogP contribution < -0.4 is 0 Å². The van der Waals surface area contributed by atoms with Gasteiger partial charge < -0.3 is 4.74 Å². The van der Waals surface area contributed by atoms with E-state index in [2.05, 4.69) is 6.07 Å². The number of rotatable bonds is 1. The number of hydrogen-bond acceptors (Lipinski definition) is 3. The summed E-state index contributed by atoms with van der Waals surface area (Å²) >= 11 is 1.59. The first-order chi connectivity index (χ1) is 7.22. The van der Waals surface area contributed by atoms with Crippen molar-refractivity contribution in [3.63, 3.8) is 0 Å². The number of fused-ring (bicyclic) bond motifs is 1. The minimum atomic E-state index is -0.236. The lowest BCUT2D eigenvalue weighted by Crippen LogP contribution is -2.10. The molecule has 0 saturated heterocycles. The van der Waals surface area contributed by atoms with Crippen molar-refractivity contribution in [3.8, 4) is 0 Å². The summed E-state index contributed by atoms with van der Waals surface area (Å²) in [5.74, 6) is -0.236. The molecule has 15 heavy (non-hydrogen) atoms. The average Bonchev–Trinajstić information content (AvgIpc) is 2.53. The Hall–Kier alpha value is -1.22. The van der Waals surface area contributed by atoms with Gasteiger partial charge in [0.05, 0.1) is 0 Å². The zero-order valence-electron chi connectivity index (χ0n) is 8.69. The lowest BCUT2D eigenvalue weighted by molar-refractivity contribution is -0.140. The standard InChI is InChI=1S/C12H12O2S/c1-3-9-10-6-4-5-7-11(10)15-12(9)14-8(2)13/h3-7,12H,1-2H3. The van der Waals surface area contributed by atoms with Crippen molar-refractivity contribution in [1.82, 2.24) is 0 Å². The first kappa shape index (κ1) is 10.3.